The molecule has 1 saturated carbocycles. The topological polar surface area (TPSA) is 3.24 Å². The van der Waals surface area contributed by atoms with E-state index in [0.717, 1.165) is 6.04 Å². The second kappa shape index (κ2) is 2.49. The Labute approximate surface area is 51.7 Å². The van der Waals surface area contributed by atoms with Crippen molar-refractivity contribution in [2.24, 2.45) is 0 Å². The quantitative estimate of drug-likeness (QED) is 0.524. The minimum atomic E-state index is 0.931. The molecule has 48 valence electrons. The second-order valence-electron chi connectivity index (χ2n) is 2.66. The van der Waals surface area contributed by atoms with E-state index in [0.29, 0.717) is 0 Å². The smallest absolute Gasteiger partial charge is 0.00921 e. The molecule has 0 amide bonds. The predicted octanol–water partition coefficient (Wildman–Crippen LogP) is 1.49. The van der Waals surface area contributed by atoms with Crippen LogP contribution in [-0.2, 0) is 0 Å². The molecule has 0 radical (unpaired) electrons. The van der Waals surface area contributed by atoms with Gasteiger partial charge in [-0.1, -0.05) is 13.3 Å². The van der Waals surface area contributed by atoms with Gasteiger partial charge in [-0.3, -0.25) is 0 Å². The normalized spacial score (nSPS) is 21.4. The van der Waals surface area contributed by atoms with E-state index in [1.807, 2.05) is 0 Å². The highest BCUT2D eigenvalue weighted by Gasteiger charge is 2.19. The number of rotatable bonds is 2. The van der Waals surface area contributed by atoms with Crippen LogP contribution in [0.4, 0.5) is 0 Å². The minimum Gasteiger partial charge on any atom is -0.304 e. The van der Waals surface area contributed by atoms with E-state index in [4.69, 9.17) is 0 Å². The maximum absolute atomic E-state index is 2.43. The summed E-state index contributed by atoms with van der Waals surface area (Å²) >= 11 is 0. The molecule has 1 aliphatic rings. The molecule has 0 N–H and O–H groups in total. The lowest BCUT2D eigenvalue weighted by Gasteiger charge is -2.33. The third kappa shape index (κ3) is 1.03. The van der Waals surface area contributed by atoms with Gasteiger partial charge in [-0.25, -0.2) is 0 Å². The number of hydrogen-bond acceptors (Lipinski definition) is 1. The van der Waals surface area contributed by atoms with Crippen LogP contribution < -0.4 is 0 Å². The molecular weight excluding hydrogens is 98.1 g/mol. The molecule has 0 aromatic rings. The summed E-state index contributed by atoms with van der Waals surface area (Å²) in [6.07, 6.45) is 4.32. The fourth-order valence-electron chi connectivity index (χ4n) is 1.09. The van der Waals surface area contributed by atoms with Crippen molar-refractivity contribution < 1.29 is 0 Å². The fraction of sp³-hybridized carbons (Fsp3) is 1.00. The van der Waals surface area contributed by atoms with Gasteiger partial charge in [0.1, 0.15) is 0 Å². The molecule has 8 heavy (non-hydrogen) atoms. The zero-order chi connectivity index (χ0) is 5.98. The summed E-state index contributed by atoms with van der Waals surface area (Å²) < 4.78 is 0. The van der Waals surface area contributed by atoms with Gasteiger partial charge in [-0.2, -0.15) is 0 Å². The first kappa shape index (κ1) is 6.09. The van der Waals surface area contributed by atoms with Gasteiger partial charge in [0, 0.05) is 6.04 Å². The van der Waals surface area contributed by atoms with Gasteiger partial charge in [-0.15, -0.1) is 0 Å². The molecule has 1 fully saturated rings. The van der Waals surface area contributed by atoms with Crippen LogP contribution in [0.25, 0.3) is 0 Å². The van der Waals surface area contributed by atoms with Crippen molar-refractivity contribution >= 4 is 0 Å². The van der Waals surface area contributed by atoms with E-state index in [2.05, 4.69) is 18.9 Å². The van der Waals surface area contributed by atoms with Crippen LogP contribution in [-0.4, -0.2) is 24.5 Å². The molecule has 0 aliphatic heterocycles. The van der Waals surface area contributed by atoms with Crippen LogP contribution in [0, 0.1) is 0 Å². The van der Waals surface area contributed by atoms with Crippen molar-refractivity contribution in [3.05, 3.63) is 0 Å². The predicted molar refractivity (Wildman–Crippen MR) is 35.9 cm³/mol. The fourth-order valence-corrected chi connectivity index (χ4v) is 1.09. The third-order valence-corrected chi connectivity index (χ3v) is 2.20. The van der Waals surface area contributed by atoms with Gasteiger partial charge in [0.2, 0.25) is 0 Å². The lowest BCUT2D eigenvalue weighted by Crippen LogP contribution is -2.36. The first-order chi connectivity index (χ1) is 3.84. The molecule has 0 saturated heterocycles. The summed E-state index contributed by atoms with van der Waals surface area (Å²) in [5.41, 5.74) is 0. The Balaban J connectivity index is 2.13. The first-order valence-electron chi connectivity index (χ1n) is 3.55. The Kier molecular flexibility index (Phi) is 1.90. The summed E-state index contributed by atoms with van der Waals surface area (Å²) in [6.45, 7) is 3.43. The standard InChI is InChI=1S/C7H15N/c1-3-8(2)7-5-4-6-7/h7H,3-6H2,1-2H3. The van der Waals surface area contributed by atoms with Crippen LogP contribution in [0.5, 0.6) is 0 Å². The summed E-state index contributed by atoms with van der Waals surface area (Å²) in [4.78, 5) is 2.43. The summed E-state index contributed by atoms with van der Waals surface area (Å²) in [5, 5.41) is 0. The van der Waals surface area contributed by atoms with E-state index in [1.165, 1.54) is 25.8 Å². The molecule has 0 bridgehead atoms. The molecule has 0 atom stereocenters. The third-order valence-electron chi connectivity index (χ3n) is 2.20. The van der Waals surface area contributed by atoms with Crippen molar-refractivity contribution in [3.63, 3.8) is 0 Å². The SMILES string of the molecule is CCN(C)C1CCC1. The zero-order valence-electron chi connectivity index (χ0n) is 5.85. The number of hydrogen-bond donors (Lipinski definition) is 0. The minimum absolute atomic E-state index is 0.931. The van der Waals surface area contributed by atoms with Crippen LogP contribution in [0.2, 0.25) is 0 Å². The Hall–Kier alpha value is -0.0400. The molecular formula is C7H15N. The van der Waals surface area contributed by atoms with Crippen LogP contribution >= 0.6 is 0 Å². The lowest BCUT2D eigenvalue weighted by atomic mass is 9.92. The van der Waals surface area contributed by atoms with Crippen LogP contribution in [0.15, 0.2) is 0 Å². The maximum atomic E-state index is 2.43. The lowest BCUT2D eigenvalue weighted by molar-refractivity contribution is 0.167. The van der Waals surface area contributed by atoms with Crippen molar-refractivity contribution in [1.29, 1.82) is 0 Å². The summed E-state index contributed by atoms with van der Waals surface area (Å²) in [7, 11) is 2.21. The highest BCUT2D eigenvalue weighted by Crippen LogP contribution is 2.22. The average Bonchev–Trinajstić information content (AvgIpc) is 1.62. The summed E-state index contributed by atoms with van der Waals surface area (Å²) in [6, 6.07) is 0.931. The molecule has 0 aromatic carbocycles. The Morgan fingerprint density at radius 3 is 2.25 bits per heavy atom. The van der Waals surface area contributed by atoms with E-state index >= 15 is 0 Å². The molecule has 0 unspecified atom stereocenters. The molecule has 0 aromatic heterocycles. The van der Waals surface area contributed by atoms with Gasteiger partial charge in [-0.05, 0) is 26.4 Å². The Morgan fingerprint density at radius 2 is 2.12 bits per heavy atom. The average molecular weight is 113 g/mol. The van der Waals surface area contributed by atoms with Gasteiger partial charge in [0.15, 0.2) is 0 Å². The molecule has 1 nitrogen and oxygen atoms in total. The first-order valence-corrected chi connectivity index (χ1v) is 3.55. The van der Waals surface area contributed by atoms with E-state index < -0.39 is 0 Å². The van der Waals surface area contributed by atoms with E-state index in [-0.39, 0.29) is 0 Å². The zero-order valence-corrected chi connectivity index (χ0v) is 5.85. The molecule has 1 aliphatic carbocycles. The molecule has 1 rings (SSSR count). The van der Waals surface area contributed by atoms with Crippen molar-refractivity contribution in [3.8, 4) is 0 Å². The van der Waals surface area contributed by atoms with Gasteiger partial charge in [0.25, 0.3) is 0 Å². The van der Waals surface area contributed by atoms with E-state index in [9.17, 15) is 0 Å². The van der Waals surface area contributed by atoms with Crippen LogP contribution in [0.1, 0.15) is 26.2 Å². The van der Waals surface area contributed by atoms with Gasteiger partial charge in [0.05, 0.1) is 0 Å². The van der Waals surface area contributed by atoms with E-state index in [1.54, 1.807) is 0 Å². The van der Waals surface area contributed by atoms with Gasteiger partial charge >= 0.3 is 0 Å². The Bertz CT molecular complexity index is 64.0. The van der Waals surface area contributed by atoms with Crippen LogP contribution in [0.3, 0.4) is 0 Å². The van der Waals surface area contributed by atoms with Crippen molar-refractivity contribution in [2.75, 3.05) is 13.6 Å². The van der Waals surface area contributed by atoms with Gasteiger partial charge < -0.3 is 4.90 Å². The largest absolute Gasteiger partial charge is 0.304 e. The molecule has 0 spiro atoms. The van der Waals surface area contributed by atoms with Crippen molar-refractivity contribution in [2.45, 2.75) is 32.2 Å². The Morgan fingerprint density at radius 1 is 1.50 bits per heavy atom. The maximum Gasteiger partial charge on any atom is 0.00921 e. The molecule has 0 heterocycles. The highest BCUT2D eigenvalue weighted by atomic mass is 15.1. The number of nitrogens with zero attached hydrogens (tertiary/aromatic N) is 1. The summed E-state index contributed by atoms with van der Waals surface area (Å²) in [5.74, 6) is 0. The molecule has 1 heteroatoms. The highest BCUT2D eigenvalue weighted by molar-refractivity contribution is 4.76. The monoisotopic (exact) mass is 113 g/mol. The second-order valence-corrected chi connectivity index (χ2v) is 2.66. The van der Waals surface area contributed by atoms with Crippen molar-refractivity contribution in [1.82, 2.24) is 4.90 Å².